The molecule has 0 aliphatic heterocycles. The molecule has 0 saturated heterocycles. The molecule has 0 atom stereocenters. The molecule has 0 aromatic carbocycles. The summed E-state index contributed by atoms with van der Waals surface area (Å²) in [6, 6.07) is 2.54. The highest BCUT2D eigenvalue weighted by Gasteiger charge is 2.28. The predicted octanol–water partition coefficient (Wildman–Crippen LogP) is 2.46. The van der Waals surface area contributed by atoms with E-state index in [-0.39, 0.29) is 10.7 Å². The summed E-state index contributed by atoms with van der Waals surface area (Å²) >= 11 is 5.67. The largest absolute Gasteiger partial charge is 0.405 e. The van der Waals surface area contributed by atoms with Gasteiger partial charge in [0.2, 0.25) is 0 Å². The van der Waals surface area contributed by atoms with Gasteiger partial charge in [-0.2, -0.15) is 13.2 Å². The van der Waals surface area contributed by atoms with Gasteiger partial charge in [-0.3, -0.25) is 4.79 Å². The van der Waals surface area contributed by atoms with Crippen LogP contribution in [-0.4, -0.2) is 30.2 Å². The van der Waals surface area contributed by atoms with Crippen LogP contribution in [0, 0.1) is 0 Å². The van der Waals surface area contributed by atoms with Gasteiger partial charge in [0.05, 0.1) is 0 Å². The van der Waals surface area contributed by atoms with Crippen LogP contribution in [0.4, 0.5) is 19.0 Å². The number of alkyl halides is 3. The van der Waals surface area contributed by atoms with E-state index < -0.39 is 18.6 Å². The van der Waals surface area contributed by atoms with Crippen LogP contribution in [0.3, 0.4) is 0 Å². The highest BCUT2D eigenvalue weighted by molar-refractivity contribution is 6.29. The van der Waals surface area contributed by atoms with Crippen LogP contribution < -0.4 is 10.6 Å². The third kappa shape index (κ3) is 4.79. The Labute approximate surface area is 107 Å². The topological polar surface area (TPSA) is 54.0 Å². The fourth-order valence-electron chi connectivity index (χ4n) is 1.18. The highest BCUT2D eigenvalue weighted by atomic mass is 35.5. The van der Waals surface area contributed by atoms with E-state index in [0.29, 0.717) is 12.4 Å². The summed E-state index contributed by atoms with van der Waals surface area (Å²) in [6.45, 7) is 0.977. The zero-order valence-electron chi connectivity index (χ0n) is 9.44. The third-order valence-electron chi connectivity index (χ3n) is 1.86. The van der Waals surface area contributed by atoms with Crippen LogP contribution >= 0.6 is 11.6 Å². The smallest absolute Gasteiger partial charge is 0.370 e. The van der Waals surface area contributed by atoms with Crippen molar-refractivity contribution in [2.45, 2.75) is 13.1 Å². The number of pyridine rings is 1. The molecule has 4 nitrogen and oxygen atoms in total. The van der Waals surface area contributed by atoms with Crippen LogP contribution in [0.15, 0.2) is 12.1 Å². The van der Waals surface area contributed by atoms with Crippen molar-refractivity contribution >= 4 is 23.3 Å². The normalized spacial score (nSPS) is 11.2. The fourth-order valence-corrected chi connectivity index (χ4v) is 1.39. The van der Waals surface area contributed by atoms with Crippen molar-refractivity contribution in [3.63, 3.8) is 0 Å². The maximum Gasteiger partial charge on any atom is 0.405 e. The van der Waals surface area contributed by atoms with Gasteiger partial charge in [0.1, 0.15) is 17.5 Å². The average Bonchev–Trinajstić information content (AvgIpc) is 2.24. The SMILES string of the molecule is CCNc1cc(C(=O)NCC(F)(F)F)cc(Cl)n1. The first-order valence-electron chi connectivity index (χ1n) is 5.08. The molecule has 0 aliphatic carbocycles. The molecule has 1 heterocycles. The van der Waals surface area contributed by atoms with Crippen LogP contribution in [0.2, 0.25) is 5.15 Å². The lowest BCUT2D eigenvalue weighted by atomic mass is 10.2. The molecule has 1 rings (SSSR count). The molecule has 1 aromatic heterocycles. The maximum atomic E-state index is 11.9. The Morgan fingerprint density at radius 3 is 2.67 bits per heavy atom. The quantitative estimate of drug-likeness (QED) is 0.834. The number of carbonyl (C=O) groups is 1. The number of nitrogens with one attached hydrogen (secondary N) is 2. The molecule has 0 fully saturated rings. The number of nitrogens with zero attached hydrogens (tertiary/aromatic N) is 1. The fraction of sp³-hybridized carbons (Fsp3) is 0.400. The summed E-state index contributed by atoms with van der Waals surface area (Å²) in [5.41, 5.74) is 0.0233. The van der Waals surface area contributed by atoms with Gasteiger partial charge in [0, 0.05) is 12.1 Å². The van der Waals surface area contributed by atoms with E-state index in [1.807, 2.05) is 6.92 Å². The lowest BCUT2D eigenvalue weighted by Crippen LogP contribution is -2.33. The molecule has 1 aromatic rings. The van der Waals surface area contributed by atoms with Crippen molar-refractivity contribution in [3.8, 4) is 0 Å². The standard InChI is InChI=1S/C10H11ClF3N3O/c1-2-15-8-4-6(3-7(11)17-8)9(18)16-5-10(12,13)14/h3-4H,2,5H2,1H3,(H,15,17)(H,16,18). The zero-order valence-corrected chi connectivity index (χ0v) is 10.2. The Morgan fingerprint density at radius 1 is 1.44 bits per heavy atom. The molecular weight excluding hydrogens is 271 g/mol. The van der Waals surface area contributed by atoms with Gasteiger partial charge in [0.25, 0.3) is 5.91 Å². The van der Waals surface area contributed by atoms with Crippen molar-refractivity contribution < 1.29 is 18.0 Å². The first-order valence-corrected chi connectivity index (χ1v) is 5.46. The third-order valence-corrected chi connectivity index (χ3v) is 2.06. The van der Waals surface area contributed by atoms with Crippen molar-refractivity contribution in [2.24, 2.45) is 0 Å². The van der Waals surface area contributed by atoms with E-state index in [1.54, 1.807) is 5.32 Å². The van der Waals surface area contributed by atoms with Crippen LogP contribution in [0.5, 0.6) is 0 Å². The number of halogens is 4. The minimum atomic E-state index is -4.45. The van der Waals surface area contributed by atoms with Crippen LogP contribution in [0.1, 0.15) is 17.3 Å². The Morgan fingerprint density at radius 2 is 2.11 bits per heavy atom. The Kier molecular flexibility index (Phi) is 4.77. The molecule has 100 valence electrons. The summed E-state index contributed by atoms with van der Waals surface area (Å²) in [5, 5.41) is 4.61. The van der Waals surface area contributed by atoms with Crippen LogP contribution in [-0.2, 0) is 0 Å². The number of hydrogen-bond acceptors (Lipinski definition) is 3. The van der Waals surface area contributed by atoms with Gasteiger partial charge in [-0.25, -0.2) is 4.98 Å². The monoisotopic (exact) mass is 281 g/mol. The van der Waals surface area contributed by atoms with E-state index in [0.717, 1.165) is 0 Å². The highest BCUT2D eigenvalue weighted by Crippen LogP contribution is 2.16. The zero-order chi connectivity index (χ0) is 13.8. The minimum Gasteiger partial charge on any atom is -0.370 e. The first-order chi connectivity index (χ1) is 8.31. The summed E-state index contributed by atoms with van der Waals surface area (Å²) in [5.74, 6) is -0.516. The number of hydrogen-bond donors (Lipinski definition) is 2. The predicted molar refractivity (Wildman–Crippen MR) is 61.8 cm³/mol. The van der Waals surface area contributed by atoms with Gasteiger partial charge in [-0.05, 0) is 19.1 Å². The minimum absolute atomic E-state index is 0.0233. The van der Waals surface area contributed by atoms with E-state index >= 15 is 0 Å². The second-order valence-corrected chi connectivity index (χ2v) is 3.78. The van der Waals surface area contributed by atoms with Gasteiger partial charge in [0.15, 0.2) is 0 Å². The second kappa shape index (κ2) is 5.90. The van der Waals surface area contributed by atoms with Crippen LogP contribution in [0.25, 0.3) is 0 Å². The number of aromatic nitrogens is 1. The van der Waals surface area contributed by atoms with E-state index in [4.69, 9.17) is 11.6 Å². The van der Waals surface area contributed by atoms with Crippen molar-refractivity contribution in [1.82, 2.24) is 10.3 Å². The molecule has 2 N–H and O–H groups in total. The summed E-state index contributed by atoms with van der Waals surface area (Å²) in [4.78, 5) is 15.3. The summed E-state index contributed by atoms with van der Waals surface area (Å²) < 4.78 is 35.8. The average molecular weight is 282 g/mol. The molecular formula is C10H11ClF3N3O. The van der Waals surface area contributed by atoms with Gasteiger partial charge in [-0.15, -0.1) is 0 Å². The number of carbonyl (C=O) groups excluding carboxylic acids is 1. The molecule has 0 saturated carbocycles. The number of amides is 1. The Bertz CT molecular complexity index is 437. The molecule has 0 radical (unpaired) electrons. The van der Waals surface area contributed by atoms with E-state index in [1.165, 1.54) is 12.1 Å². The Balaban J connectivity index is 2.79. The maximum absolute atomic E-state index is 11.9. The first kappa shape index (κ1) is 14.6. The summed E-state index contributed by atoms with van der Waals surface area (Å²) in [6.07, 6.45) is -4.45. The van der Waals surface area contributed by atoms with E-state index in [9.17, 15) is 18.0 Å². The molecule has 0 unspecified atom stereocenters. The molecule has 1 amide bonds. The Hall–Kier alpha value is -1.50. The molecule has 0 aliphatic rings. The molecule has 8 heteroatoms. The van der Waals surface area contributed by atoms with E-state index in [2.05, 4.69) is 10.3 Å². The van der Waals surface area contributed by atoms with Crippen molar-refractivity contribution in [1.29, 1.82) is 0 Å². The van der Waals surface area contributed by atoms with Crippen molar-refractivity contribution in [3.05, 3.63) is 22.8 Å². The van der Waals surface area contributed by atoms with Gasteiger partial charge in [-0.1, -0.05) is 11.6 Å². The lowest BCUT2D eigenvalue weighted by molar-refractivity contribution is -0.123. The molecule has 0 spiro atoms. The van der Waals surface area contributed by atoms with Gasteiger partial charge >= 0.3 is 6.18 Å². The second-order valence-electron chi connectivity index (χ2n) is 3.39. The van der Waals surface area contributed by atoms with Gasteiger partial charge < -0.3 is 10.6 Å². The summed E-state index contributed by atoms with van der Waals surface area (Å²) in [7, 11) is 0. The number of rotatable bonds is 4. The number of anilines is 1. The molecule has 18 heavy (non-hydrogen) atoms. The molecule has 0 bridgehead atoms. The lowest BCUT2D eigenvalue weighted by Gasteiger charge is -2.09. The van der Waals surface area contributed by atoms with Crippen molar-refractivity contribution in [2.75, 3.05) is 18.4 Å².